The van der Waals surface area contributed by atoms with E-state index in [-0.39, 0.29) is 5.76 Å². The molecule has 0 radical (unpaired) electrons. The molecule has 14 heavy (non-hydrogen) atoms. The summed E-state index contributed by atoms with van der Waals surface area (Å²) in [5.74, 6) is 0.0637. The molecule has 0 saturated carbocycles. The smallest absolute Gasteiger partial charge is 0.116 e. The van der Waals surface area contributed by atoms with Crippen LogP contribution in [0.1, 0.15) is 11.1 Å². The predicted octanol–water partition coefficient (Wildman–Crippen LogP) is 3.64. The van der Waals surface area contributed by atoms with E-state index < -0.39 is 0 Å². The highest BCUT2D eigenvalue weighted by Gasteiger charge is 2.02. The van der Waals surface area contributed by atoms with Crippen molar-refractivity contribution in [2.24, 2.45) is 0 Å². The number of aliphatic hydroxyl groups excluding tert-OH is 1. The molecule has 1 heteroatoms. The molecule has 0 spiro atoms. The molecule has 0 unspecified atom stereocenters. The van der Waals surface area contributed by atoms with Gasteiger partial charge in [-0.05, 0) is 12.5 Å². The van der Waals surface area contributed by atoms with Crippen LogP contribution in [-0.2, 0) is 0 Å². The summed E-state index contributed by atoms with van der Waals surface area (Å²) in [6.07, 6.45) is 3.38. The Morgan fingerprint density at radius 2 is 1.86 bits per heavy atom. The van der Waals surface area contributed by atoms with Crippen molar-refractivity contribution < 1.29 is 5.11 Å². The summed E-state index contributed by atoms with van der Waals surface area (Å²) in [7, 11) is 0. The molecule has 0 atom stereocenters. The van der Waals surface area contributed by atoms with E-state index >= 15 is 0 Å². The molecule has 0 aliphatic heterocycles. The fourth-order valence-corrected chi connectivity index (χ4v) is 1.21. The van der Waals surface area contributed by atoms with Gasteiger partial charge in [0.25, 0.3) is 0 Å². The average Bonchev–Trinajstić information content (AvgIpc) is 2.15. The van der Waals surface area contributed by atoms with Gasteiger partial charge in [-0.1, -0.05) is 55.1 Å². The Morgan fingerprint density at radius 1 is 1.29 bits per heavy atom. The minimum Gasteiger partial charge on any atom is -0.508 e. The second-order valence-corrected chi connectivity index (χ2v) is 3.13. The molecule has 1 rings (SSSR count). The summed E-state index contributed by atoms with van der Waals surface area (Å²) in [5.41, 5.74) is 2.85. The van der Waals surface area contributed by atoms with Crippen LogP contribution in [0.3, 0.4) is 0 Å². The van der Waals surface area contributed by atoms with Gasteiger partial charge in [0, 0.05) is 5.57 Å². The van der Waals surface area contributed by atoms with Gasteiger partial charge in [0.05, 0.1) is 0 Å². The van der Waals surface area contributed by atoms with Crippen LogP contribution in [0.5, 0.6) is 0 Å². The molecule has 0 aromatic heterocycles. The Morgan fingerprint density at radius 3 is 2.29 bits per heavy atom. The highest BCUT2D eigenvalue weighted by Crippen LogP contribution is 2.20. The lowest BCUT2D eigenvalue weighted by molar-refractivity contribution is 0.440. The van der Waals surface area contributed by atoms with Gasteiger partial charge < -0.3 is 5.11 Å². The Kier molecular flexibility index (Phi) is 3.29. The Bertz CT molecular complexity index is 369. The standard InChI is InChI=1S/C13H14O/c1-4-5-13(11(3)14)12-8-6-10(2)7-9-12/h4-9,14H,1,3H2,2H3/b13-5+. The maximum absolute atomic E-state index is 9.36. The van der Waals surface area contributed by atoms with Crippen LogP contribution in [-0.4, -0.2) is 5.11 Å². The van der Waals surface area contributed by atoms with Crippen LogP contribution in [0.4, 0.5) is 0 Å². The molecule has 0 aliphatic rings. The van der Waals surface area contributed by atoms with Crippen molar-refractivity contribution in [2.45, 2.75) is 6.92 Å². The fraction of sp³-hybridized carbons (Fsp3) is 0.0769. The van der Waals surface area contributed by atoms with Gasteiger partial charge in [-0.25, -0.2) is 0 Å². The van der Waals surface area contributed by atoms with E-state index in [2.05, 4.69) is 13.2 Å². The first-order valence-corrected chi connectivity index (χ1v) is 4.43. The molecule has 0 aliphatic carbocycles. The van der Waals surface area contributed by atoms with Crippen molar-refractivity contribution in [2.75, 3.05) is 0 Å². The SMILES string of the molecule is C=C/C=C(\C(=C)O)c1ccc(C)cc1. The molecular formula is C13H14O. The molecule has 0 amide bonds. The summed E-state index contributed by atoms with van der Waals surface area (Å²) >= 11 is 0. The Labute approximate surface area is 84.7 Å². The first kappa shape index (κ1) is 10.3. The van der Waals surface area contributed by atoms with Crippen molar-refractivity contribution in [3.63, 3.8) is 0 Å². The van der Waals surface area contributed by atoms with Crippen LogP contribution >= 0.6 is 0 Å². The van der Waals surface area contributed by atoms with Gasteiger partial charge in [-0.15, -0.1) is 0 Å². The maximum Gasteiger partial charge on any atom is 0.116 e. The molecular weight excluding hydrogens is 172 g/mol. The summed E-state index contributed by atoms with van der Waals surface area (Å²) in [5, 5.41) is 9.36. The summed E-state index contributed by atoms with van der Waals surface area (Å²) < 4.78 is 0. The number of aryl methyl sites for hydroxylation is 1. The summed E-state index contributed by atoms with van der Waals surface area (Å²) in [6.45, 7) is 9.13. The lowest BCUT2D eigenvalue weighted by atomic mass is 10.0. The van der Waals surface area contributed by atoms with Crippen LogP contribution in [0.15, 0.2) is 55.3 Å². The zero-order chi connectivity index (χ0) is 10.6. The van der Waals surface area contributed by atoms with Crippen LogP contribution in [0, 0.1) is 6.92 Å². The minimum atomic E-state index is 0.0637. The molecule has 72 valence electrons. The highest BCUT2D eigenvalue weighted by atomic mass is 16.3. The molecule has 1 N–H and O–H groups in total. The number of benzene rings is 1. The molecule has 1 aromatic rings. The Hall–Kier alpha value is -1.76. The van der Waals surface area contributed by atoms with E-state index in [1.54, 1.807) is 12.2 Å². The molecule has 1 nitrogen and oxygen atoms in total. The van der Waals surface area contributed by atoms with Crippen LogP contribution < -0.4 is 0 Å². The summed E-state index contributed by atoms with van der Waals surface area (Å²) in [4.78, 5) is 0. The van der Waals surface area contributed by atoms with E-state index in [9.17, 15) is 5.11 Å². The fourth-order valence-electron chi connectivity index (χ4n) is 1.21. The summed E-state index contributed by atoms with van der Waals surface area (Å²) in [6, 6.07) is 7.89. The van der Waals surface area contributed by atoms with E-state index in [0.717, 1.165) is 5.56 Å². The van der Waals surface area contributed by atoms with E-state index in [4.69, 9.17) is 0 Å². The third kappa shape index (κ3) is 2.36. The van der Waals surface area contributed by atoms with Crippen molar-refractivity contribution >= 4 is 5.57 Å². The largest absolute Gasteiger partial charge is 0.508 e. The van der Waals surface area contributed by atoms with Gasteiger partial charge in [0.1, 0.15) is 5.76 Å². The first-order valence-electron chi connectivity index (χ1n) is 4.43. The zero-order valence-corrected chi connectivity index (χ0v) is 8.33. The van der Waals surface area contributed by atoms with E-state index in [0.29, 0.717) is 5.57 Å². The molecule has 0 bridgehead atoms. The monoisotopic (exact) mass is 186 g/mol. The third-order valence-corrected chi connectivity index (χ3v) is 1.96. The van der Waals surface area contributed by atoms with E-state index in [1.165, 1.54) is 5.56 Å². The number of hydrogen-bond acceptors (Lipinski definition) is 1. The van der Waals surface area contributed by atoms with Crippen molar-refractivity contribution in [3.05, 3.63) is 66.5 Å². The van der Waals surface area contributed by atoms with Crippen LogP contribution in [0.2, 0.25) is 0 Å². The highest BCUT2D eigenvalue weighted by molar-refractivity contribution is 5.77. The van der Waals surface area contributed by atoms with Crippen molar-refractivity contribution in [1.29, 1.82) is 0 Å². The normalized spacial score (nSPS) is 11.1. The third-order valence-electron chi connectivity index (χ3n) is 1.96. The van der Waals surface area contributed by atoms with Gasteiger partial charge in [-0.3, -0.25) is 0 Å². The second kappa shape index (κ2) is 4.47. The maximum atomic E-state index is 9.36. The lowest BCUT2D eigenvalue weighted by Gasteiger charge is -2.05. The van der Waals surface area contributed by atoms with Gasteiger partial charge >= 0.3 is 0 Å². The van der Waals surface area contributed by atoms with Crippen molar-refractivity contribution in [3.8, 4) is 0 Å². The van der Waals surface area contributed by atoms with Crippen LogP contribution in [0.25, 0.3) is 5.57 Å². The number of aliphatic hydroxyl groups is 1. The lowest BCUT2D eigenvalue weighted by Crippen LogP contribution is -1.87. The van der Waals surface area contributed by atoms with Crippen molar-refractivity contribution in [1.82, 2.24) is 0 Å². The minimum absolute atomic E-state index is 0.0637. The molecule has 0 heterocycles. The number of hydrogen-bond donors (Lipinski definition) is 1. The van der Waals surface area contributed by atoms with Gasteiger partial charge in [0.15, 0.2) is 0 Å². The number of allylic oxidation sites excluding steroid dienone is 3. The Balaban J connectivity index is 3.12. The average molecular weight is 186 g/mol. The quantitative estimate of drug-likeness (QED) is 0.564. The molecule has 0 saturated heterocycles. The topological polar surface area (TPSA) is 20.2 Å². The predicted molar refractivity (Wildman–Crippen MR) is 61.1 cm³/mol. The second-order valence-electron chi connectivity index (χ2n) is 3.13. The van der Waals surface area contributed by atoms with E-state index in [1.807, 2.05) is 31.2 Å². The number of rotatable bonds is 3. The molecule has 1 aromatic carbocycles. The molecule has 0 fully saturated rings. The first-order chi connectivity index (χ1) is 6.65. The van der Waals surface area contributed by atoms with Gasteiger partial charge in [0.2, 0.25) is 0 Å². The van der Waals surface area contributed by atoms with Gasteiger partial charge in [-0.2, -0.15) is 0 Å². The zero-order valence-electron chi connectivity index (χ0n) is 8.33.